The van der Waals surface area contributed by atoms with E-state index in [1.807, 2.05) is 13.8 Å². The first kappa shape index (κ1) is 13.4. The second kappa shape index (κ2) is 6.02. The van der Waals surface area contributed by atoms with Crippen LogP contribution in [0.15, 0.2) is 0 Å². The van der Waals surface area contributed by atoms with Crippen LogP contribution in [0.4, 0.5) is 0 Å². The zero-order valence-electron chi connectivity index (χ0n) is 9.42. The van der Waals surface area contributed by atoms with Crippen molar-refractivity contribution in [2.75, 3.05) is 0 Å². The van der Waals surface area contributed by atoms with Crippen molar-refractivity contribution in [3.05, 3.63) is 0 Å². The molecule has 0 fully saturated rings. The van der Waals surface area contributed by atoms with E-state index in [0.717, 1.165) is 19.3 Å². The summed E-state index contributed by atoms with van der Waals surface area (Å²) in [4.78, 5) is 10.5. The summed E-state index contributed by atoms with van der Waals surface area (Å²) in [7, 11) is 0. The van der Waals surface area contributed by atoms with E-state index in [-0.39, 0.29) is 5.92 Å². The summed E-state index contributed by atoms with van der Waals surface area (Å²) in [6, 6.07) is 0. The summed E-state index contributed by atoms with van der Waals surface area (Å²) in [6.07, 6.45) is 3.87. The third-order valence-electron chi connectivity index (χ3n) is 2.56. The number of hydrogen-bond donors (Lipinski definition) is 2. The van der Waals surface area contributed by atoms with Gasteiger partial charge >= 0.3 is 5.97 Å². The summed E-state index contributed by atoms with van der Waals surface area (Å²) < 4.78 is 0. The van der Waals surface area contributed by atoms with E-state index in [2.05, 4.69) is 0 Å². The molecule has 0 aromatic heterocycles. The Kier molecular flexibility index (Phi) is 5.77. The number of carboxylic acid groups (broad SMARTS) is 1. The van der Waals surface area contributed by atoms with Crippen molar-refractivity contribution in [1.29, 1.82) is 0 Å². The minimum Gasteiger partial charge on any atom is -0.481 e. The van der Waals surface area contributed by atoms with E-state index < -0.39 is 11.6 Å². The van der Waals surface area contributed by atoms with Gasteiger partial charge in [-0.2, -0.15) is 0 Å². The Hall–Kier alpha value is -0.570. The molecule has 0 amide bonds. The topological polar surface area (TPSA) is 57.5 Å². The second-order valence-corrected chi connectivity index (χ2v) is 4.38. The van der Waals surface area contributed by atoms with E-state index in [9.17, 15) is 9.90 Å². The SMILES string of the molecule is CCCC(C)(O)CCCC(C)C(=O)O. The third kappa shape index (κ3) is 5.97. The van der Waals surface area contributed by atoms with Crippen molar-refractivity contribution in [2.24, 2.45) is 5.92 Å². The van der Waals surface area contributed by atoms with Gasteiger partial charge in [0.05, 0.1) is 11.5 Å². The molecule has 0 aliphatic heterocycles. The maximum Gasteiger partial charge on any atom is 0.306 e. The summed E-state index contributed by atoms with van der Waals surface area (Å²) in [5.74, 6) is -1.05. The average molecular weight is 202 g/mol. The molecule has 3 heteroatoms. The van der Waals surface area contributed by atoms with E-state index >= 15 is 0 Å². The zero-order valence-corrected chi connectivity index (χ0v) is 9.42. The Balaban J connectivity index is 3.67. The lowest BCUT2D eigenvalue weighted by molar-refractivity contribution is -0.141. The zero-order chi connectivity index (χ0) is 11.2. The lowest BCUT2D eigenvalue weighted by Crippen LogP contribution is -2.24. The van der Waals surface area contributed by atoms with Gasteiger partial charge in [0.15, 0.2) is 0 Å². The molecule has 0 saturated carbocycles. The van der Waals surface area contributed by atoms with Gasteiger partial charge in [0, 0.05) is 0 Å². The van der Waals surface area contributed by atoms with Gasteiger partial charge in [-0.25, -0.2) is 0 Å². The highest BCUT2D eigenvalue weighted by Gasteiger charge is 2.19. The van der Waals surface area contributed by atoms with Crippen molar-refractivity contribution in [3.8, 4) is 0 Å². The van der Waals surface area contributed by atoms with E-state index in [1.54, 1.807) is 6.92 Å². The number of aliphatic carboxylic acids is 1. The van der Waals surface area contributed by atoms with Gasteiger partial charge in [0.25, 0.3) is 0 Å². The summed E-state index contributed by atoms with van der Waals surface area (Å²) in [5.41, 5.74) is -0.618. The smallest absolute Gasteiger partial charge is 0.306 e. The number of carboxylic acids is 1. The molecule has 2 N–H and O–H groups in total. The molecule has 0 aliphatic carbocycles. The Morgan fingerprint density at radius 2 is 2.00 bits per heavy atom. The Bertz CT molecular complexity index is 175. The molecule has 14 heavy (non-hydrogen) atoms. The molecule has 0 heterocycles. The van der Waals surface area contributed by atoms with Crippen LogP contribution in [-0.2, 0) is 4.79 Å². The summed E-state index contributed by atoms with van der Waals surface area (Å²) >= 11 is 0. The van der Waals surface area contributed by atoms with Crippen LogP contribution in [0.5, 0.6) is 0 Å². The fourth-order valence-electron chi connectivity index (χ4n) is 1.58. The number of carbonyl (C=O) groups is 1. The van der Waals surface area contributed by atoms with Crippen molar-refractivity contribution in [3.63, 3.8) is 0 Å². The van der Waals surface area contributed by atoms with Crippen molar-refractivity contribution in [1.82, 2.24) is 0 Å². The first-order valence-corrected chi connectivity index (χ1v) is 5.34. The molecule has 0 rings (SSSR count). The molecule has 0 aromatic rings. The molecule has 2 unspecified atom stereocenters. The Morgan fingerprint density at radius 3 is 2.43 bits per heavy atom. The van der Waals surface area contributed by atoms with Crippen LogP contribution >= 0.6 is 0 Å². The Morgan fingerprint density at radius 1 is 1.43 bits per heavy atom. The van der Waals surface area contributed by atoms with Crippen LogP contribution in [0.2, 0.25) is 0 Å². The largest absolute Gasteiger partial charge is 0.481 e. The highest BCUT2D eigenvalue weighted by Crippen LogP contribution is 2.21. The predicted molar refractivity (Wildman–Crippen MR) is 56.2 cm³/mol. The quantitative estimate of drug-likeness (QED) is 0.666. The van der Waals surface area contributed by atoms with Gasteiger partial charge < -0.3 is 10.2 Å². The maximum atomic E-state index is 10.5. The first-order valence-electron chi connectivity index (χ1n) is 5.34. The van der Waals surface area contributed by atoms with Gasteiger partial charge in [0.2, 0.25) is 0 Å². The number of hydrogen-bond acceptors (Lipinski definition) is 2. The molecule has 0 bridgehead atoms. The van der Waals surface area contributed by atoms with E-state index in [4.69, 9.17) is 5.11 Å². The van der Waals surface area contributed by atoms with Gasteiger partial charge in [-0.15, -0.1) is 0 Å². The molecule has 0 aliphatic rings. The lowest BCUT2D eigenvalue weighted by atomic mass is 9.92. The molecule has 2 atom stereocenters. The highest BCUT2D eigenvalue weighted by molar-refractivity contribution is 5.69. The number of rotatable bonds is 7. The lowest BCUT2D eigenvalue weighted by Gasteiger charge is -2.22. The summed E-state index contributed by atoms with van der Waals surface area (Å²) in [6.45, 7) is 5.56. The monoisotopic (exact) mass is 202 g/mol. The maximum absolute atomic E-state index is 10.5. The molecule has 0 spiro atoms. The van der Waals surface area contributed by atoms with Crippen molar-refractivity contribution < 1.29 is 15.0 Å². The van der Waals surface area contributed by atoms with E-state index in [1.165, 1.54) is 0 Å². The molecular formula is C11H22O3. The Labute approximate surface area is 86.1 Å². The average Bonchev–Trinajstić information content (AvgIpc) is 2.03. The molecule has 0 saturated heterocycles. The fraction of sp³-hybridized carbons (Fsp3) is 0.909. The minimum absolute atomic E-state index is 0.299. The van der Waals surface area contributed by atoms with Gasteiger partial charge in [-0.3, -0.25) is 4.79 Å². The molecule has 3 nitrogen and oxygen atoms in total. The second-order valence-electron chi connectivity index (χ2n) is 4.38. The molecule has 0 aromatic carbocycles. The third-order valence-corrected chi connectivity index (χ3v) is 2.56. The molecule has 0 radical (unpaired) electrons. The van der Waals surface area contributed by atoms with Gasteiger partial charge in [-0.05, 0) is 32.6 Å². The van der Waals surface area contributed by atoms with Gasteiger partial charge in [-0.1, -0.05) is 20.3 Å². The first-order chi connectivity index (χ1) is 6.39. The van der Waals surface area contributed by atoms with E-state index in [0.29, 0.717) is 12.8 Å². The number of aliphatic hydroxyl groups is 1. The van der Waals surface area contributed by atoms with Crippen molar-refractivity contribution >= 4 is 5.97 Å². The van der Waals surface area contributed by atoms with Crippen LogP contribution < -0.4 is 0 Å². The van der Waals surface area contributed by atoms with Crippen LogP contribution in [0.1, 0.15) is 52.9 Å². The highest BCUT2D eigenvalue weighted by atomic mass is 16.4. The normalized spacial score (nSPS) is 17.4. The fourth-order valence-corrected chi connectivity index (χ4v) is 1.58. The van der Waals surface area contributed by atoms with Crippen LogP contribution in [-0.4, -0.2) is 21.8 Å². The predicted octanol–water partition coefficient (Wildman–Crippen LogP) is 2.43. The van der Waals surface area contributed by atoms with Crippen molar-refractivity contribution in [2.45, 2.75) is 58.5 Å². The molecular weight excluding hydrogens is 180 g/mol. The standard InChI is InChI=1S/C11H22O3/c1-4-7-11(3,14)8-5-6-9(2)10(12)13/h9,14H,4-8H2,1-3H3,(H,12,13). The summed E-state index contributed by atoms with van der Waals surface area (Å²) in [5, 5.41) is 18.5. The van der Waals surface area contributed by atoms with Gasteiger partial charge in [0.1, 0.15) is 0 Å². The van der Waals surface area contributed by atoms with Crippen LogP contribution in [0.25, 0.3) is 0 Å². The van der Waals surface area contributed by atoms with Crippen LogP contribution in [0.3, 0.4) is 0 Å². The van der Waals surface area contributed by atoms with Crippen LogP contribution in [0, 0.1) is 5.92 Å². The molecule has 84 valence electrons. The minimum atomic E-state index is -0.750.